The van der Waals surface area contributed by atoms with Crippen molar-refractivity contribution in [2.45, 2.75) is 37.5 Å². The summed E-state index contributed by atoms with van der Waals surface area (Å²) >= 11 is 0. The van der Waals surface area contributed by atoms with Crippen molar-refractivity contribution in [1.82, 2.24) is 9.80 Å². The first-order valence-electron chi connectivity index (χ1n) is 9.18. The number of likely N-dealkylation sites (tertiary alicyclic amines) is 1. The van der Waals surface area contributed by atoms with Crippen molar-refractivity contribution in [3.8, 4) is 18.0 Å². The highest BCUT2D eigenvalue weighted by Crippen LogP contribution is 2.36. The van der Waals surface area contributed by atoms with Crippen LogP contribution in [0.2, 0.25) is 0 Å². The fourth-order valence-electron chi connectivity index (χ4n) is 3.59. The van der Waals surface area contributed by atoms with Crippen LogP contribution in [-0.2, 0) is 9.47 Å². The Morgan fingerprint density at radius 1 is 1.30 bits per heavy atom. The lowest BCUT2D eigenvalue weighted by atomic mass is 10.1. The summed E-state index contributed by atoms with van der Waals surface area (Å²) in [5, 5.41) is 18.6. The quantitative estimate of drug-likeness (QED) is 0.714. The summed E-state index contributed by atoms with van der Waals surface area (Å²) in [4.78, 5) is 3.90. The summed E-state index contributed by atoms with van der Waals surface area (Å²) in [5.74, 6) is 1.47. The fourth-order valence-corrected chi connectivity index (χ4v) is 3.59. The molecular weight excluding hydrogens is 344 g/mol. The largest absolute Gasteiger partial charge is 0.490 e. The van der Waals surface area contributed by atoms with Crippen molar-refractivity contribution in [1.29, 1.82) is 10.5 Å². The summed E-state index contributed by atoms with van der Waals surface area (Å²) in [6.07, 6.45) is 7.48. The van der Waals surface area contributed by atoms with Gasteiger partial charge in [0.25, 0.3) is 0 Å². The van der Waals surface area contributed by atoms with Crippen molar-refractivity contribution >= 4 is 5.76 Å². The minimum atomic E-state index is 0.0955. The number of nitriles is 2. The molecule has 1 saturated carbocycles. The molecule has 0 unspecified atom stereocenters. The number of hydrogen-bond donors (Lipinski definition) is 0. The molecule has 7 nitrogen and oxygen atoms in total. The summed E-state index contributed by atoms with van der Waals surface area (Å²) in [6.45, 7) is 1.62. The molecule has 0 radical (unpaired) electrons. The lowest BCUT2D eigenvalue weighted by Crippen LogP contribution is -2.31. The lowest BCUT2D eigenvalue weighted by molar-refractivity contribution is 0.138. The van der Waals surface area contributed by atoms with E-state index in [0.29, 0.717) is 31.2 Å². The fraction of sp³-hybridized carbons (Fsp3) is 0.500. The zero-order valence-electron chi connectivity index (χ0n) is 15.3. The number of nitrogens with zero attached hydrogens (tertiary/aromatic N) is 4. The van der Waals surface area contributed by atoms with Gasteiger partial charge in [0.05, 0.1) is 42.0 Å². The summed E-state index contributed by atoms with van der Waals surface area (Å²) in [5.41, 5.74) is 1.39. The third-order valence-electron chi connectivity index (χ3n) is 5.19. The Hall–Kier alpha value is -2.90. The maximum atomic E-state index is 9.35. The van der Waals surface area contributed by atoms with Crippen LogP contribution in [0.15, 0.2) is 24.4 Å². The number of rotatable bonds is 6. The van der Waals surface area contributed by atoms with Crippen LogP contribution in [0.1, 0.15) is 30.4 Å². The van der Waals surface area contributed by atoms with Gasteiger partial charge in [-0.25, -0.2) is 0 Å². The van der Waals surface area contributed by atoms with E-state index in [1.165, 1.54) is 0 Å². The van der Waals surface area contributed by atoms with E-state index in [-0.39, 0.29) is 18.2 Å². The smallest absolute Gasteiger partial charge is 0.179 e. The first-order chi connectivity index (χ1) is 13.2. The summed E-state index contributed by atoms with van der Waals surface area (Å²) in [6, 6.07) is 7.90. The Bertz CT molecular complexity index is 821. The van der Waals surface area contributed by atoms with E-state index in [2.05, 4.69) is 17.2 Å². The van der Waals surface area contributed by atoms with Crippen molar-refractivity contribution in [2.75, 3.05) is 27.0 Å². The van der Waals surface area contributed by atoms with Gasteiger partial charge in [0.15, 0.2) is 12.9 Å². The Morgan fingerprint density at radius 3 is 2.85 bits per heavy atom. The second-order valence-electron chi connectivity index (χ2n) is 7.17. The van der Waals surface area contributed by atoms with Crippen LogP contribution in [0.25, 0.3) is 5.76 Å². The number of ether oxygens (including phenoxy) is 3. The van der Waals surface area contributed by atoms with Crippen LogP contribution in [0.4, 0.5) is 0 Å². The molecule has 0 bridgehead atoms. The van der Waals surface area contributed by atoms with Gasteiger partial charge in [-0.1, -0.05) is 0 Å². The average Bonchev–Trinajstić information content (AvgIpc) is 3.20. The highest BCUT2D eigenvalue weighted by molar-refractivity contribution is 5.68. The maximum Gasteiger partial charge on any atom is 0.179 e. The first-order valence-corrected chi connectivity index (χ1v) is 9.18. The molecule has 1 aliphatic carbocycles. The standard InChI is InChI=1S/C20H22N4O3/c1-25-11-16-7-15(9-23(16)12-22)24-10-20(26-13-24)18-6-14(8-21)2-5-19(18)27-17-3-4-17/h2,5-6,10,15-17H,3-4,7,9,11,13H2,1H3/t15-,16+/m1/s1. The topological polar surface area (TPSA) is 81.8 Å². The molecule has 0 amide bonds. The van der Waals surface area contributed by atoms with E-state index >= 15 is 0 Å². The SMILES string of the molecule is COC[C@@H]1C[C@@H](N2C=C(c3cc(C#N)ccc3OC3CC3)OC2)CN1C#N. The third kappa shape index (κ3) is 3.65. The molecule has 1 aromatic carbocycles. The van der Waals surface area contributed by atoms with Crippen LogP contribution in [0, 0.1) is 22.8 Å². The lowest BCUT2D eigenvalue weighted by Gasteiger charge is -2.20. The Kier molecular flexibility index (Phi) is 4.79. The van der Waals surface area contributed by atoms with Gasteiger partial charge in [-0.2, -0.15) is 10.5 Å². The minimum absolute atomic E-state index is 0.0955. The van der Waals surface area contributed by atoms with Gasteiger partial charge < -0.3 is 24.0 Å². The van der Waals surface area contributed by atoms with Crippen molar-refractivity contribution < 1.29 is 14.2 Å². The van der Waals surface area contributed by atoms with Gasteiger partial charge in [0, 0.05) is 19.9 Å². The van der Waals surface area contributed by atoms with Gasteiger partial charge in [-0.05, 0) is 37.5 Å². The molecule has 1 aromatic rings. The van der Waals surface area contributed by atoms with Crippen molar-refractivity contribution in [3.63, 3.8) is 0 Å². The molecule has 0 aromatic heterocycles. The normalized spacial score (nSPS) is 24.2. The molecule has 3 aliphatic rings. The van der Waals surface area contributed by atoms with Gasteiger partial charge in [0.1, 0.15) is 11.5 Å². The molecule has 2 heterocycles. The third-order valence-corrected chi connectivity index (χ3v) is 5.19. The monoisotopic (exact) mass is 366 g/mol. The molecular formula is C20H22N4O3. The highest BCUT2D eigenvalue weighted by Gasteiger charge is 2.36. The van der Waals surface area contributed by atoms with Crippen molar-refractivity contribution in [3.05, 3.63) is 35.5 Å². The van der Waals surface area contributed by atoms with E-state index in [1.54, 1.807) is 18.1 Å². The molecule has 0 spiro atoms. The van der Waals surface area contributed by atoms with Crippen LogP contribution < -0.4 is 4.74 Å². The Labute approximate surface area is 158 Å². The molecule has 4 rings (SSSR count). The van der Waals surface area contributed by atoms with Crippen LogP contribution in [0.5, 0.6) is 5.75 Å². The van der Waals surface area contributed by atoms with Crippen LogP contribution in [0.3, 0.4) is 0 Å². The summed E-state index contributed by atoms with van der Waals surface area (Å²) < 4.78 is 17.2. The van der Waals surface area contributed by atoms with E-state index in [9.17, 15) is 10.5 Å². The van der Waals surface area contributed by atoms with Gasteiger partial charge >= 0.3 is 0 Å². The zero-order valence-corrected chi connectivity index (χ0v) is 15.3. The summed E-state index contributed by atoms with van der Waals surface area (Å²) in [7, 11) is 1.66. The Morgan fingerprint density at radius 2 is 2.15 bits per heavy atom. The average molecular weight is 366 g/mol. The van der Waals surface area contributed by atoms with Crippen LogP contribution >= 0.6 is 0 Å². The van der Waals surface area contributed by atoms with E-state index in [1.807, 2.05) is 18.3 Å². The molecule has 1 saturated heterocycles. The predicted octanol–water partition coefficient (Wildman–Crippen LogP) is 2.26. The second kappa shape index (κ2) is 7.38. The molecule has 7 heteroatoms. The second-order valence-corrected chi connectivity index (χ2v) is 7.17. The molecule has 2 fully saturated rings. The van der Waals surface area contributed by atoms with Crippen molar-refractivity contribution in [2.24, 2.45) is 0 Å². The van der Waals surface area contributed by atoms with Crippen LogP contribution in [-0.4, -0.2) is 55.0 Å². The van der Waals surface area contributed by atoms with Gasteiger partial charge in [-0.15, -0.1) is 0 Å². The number of hydrogen-bond acceptors (Lipinski definition) is 7. The van der Waals surface area contributed by atoms with E-state index in [0.717, 1.165) is 30.6 Å². The van der Waals surface area contributed by atoms with Gasteiger partial charge in [0.2, 0.25) is 0 Å². The zero-order chi connectivity index (χ0) is 18.8. The predicted molar refractivity (Wildman–Crippen MR) is 97.0 cm³/mol. The van der Waals surface area contributed by atoms with E-state index < -0.39 is 0 Å². The molecule has 2 atom stereocenters. The molecule has 27 heavy (non-hydrogen) atoms. The number of methoxy groups -OCH3 is 1. The Balaban J connectivity index is 1.54. The van der Waals surface area contributed by atoms with Gasteiger partial charge in [-0.3, -0.25) is 0 Å². The first kappa shape index (κ1) is 17.5. The molecule has 140 valence electrons. The highest BCUT2D eigenvalue weighted by atomic mass is 16.5. The minimum Gasteiger partial charge on any atom is -0.490 e. The molecule has 0 N–H and O–H groups in total. The number of benzene rings is 1. The van der Waals surface area contributed by atoms with E-state index in [4.69, 9.17) is 14.2 Å². The maximum absolute atomic E-state index is 9.35. The molecule has 2 aliphatic heterocycles.